The number of alkyl halides is 3. The smallest absolute Gasteiger partial charge is 0.317 e. The van der Waals surface area contributed by atoms with E-state index in [1.165, 1.54) is 25.0 Å². The van der Waals surface area contributed by atoms with Crippen molar-refractivity contribution in [3.63, 3.8) is 0 Å². The highest BCUT2D eigenvalue weighted by Gasteiger charge is 2.30. The van der Waals surface area contributed by atoms with Crippen LogP contribution in [0.4, 0.5) is 13.2 Å². The van der Waals surface area contributed by atoms with Crippen LogP contribution in [0.3, 0.4) is 0 Å². The molecule has 1 N–H and O–H groups in total. The van der Waals surface area contributed by atoms with Gasteiger partial charge >= 0.3 is 6.18 Å². The molecule has 0 saturated carbocycles. The van der Waals surface area contributed by atoms with E-state index in [-0.39, 0.29) is 6.04 Å². The average Bonchev–Trinajstić information content (AvgIpc) is 2.46. The minimum Gasteiger partial charge on any atom is -0.317 e. The van der Waals surface area contributed by atoms with E-state index in [2.05, 4.69) is 10.2 Å². The van der Waals surface area contributed by atoms with Crippen molar-refractivity contribution in [2.24, 2.45) is 5.92 Å². The summed E-state index contributed by atoms with van der Waals surface area (Å²) >= 11 is 0. The molecule has 2 rings (SSSR count). The maximum Gasteiger partial charge on any atom is 0.416 e. The Kier molecular flexibility index (Phi) is 5.27. The predicted octanol–water partition coefficient (Wildman–Crippen LogP) is 3.70. The highest BCUT2D eigenvalue weighted by atomic mass is 19.4. The van der Waals surface area contributed by atoms with E-state index in [4.69, 9.17) is 0 Å². The molecule has 2 nitrogen and oxygen atoms in total. The second kappa shape index (κ2) is 6.79. The molecule has 1 atom stereocenters. The molecule has 1 aromatic rings. The zero-order valence-electron chi connectivity index (χ0n) is 12.6. The summed E-state index contributed by atoms with van der Waals surface area (Å²) in [6, 6.07) is 5.65. The molecule has 1 heterocycles. The first-order valence-corrected chi connectivity index (χ1v) is 7.46. The van der Waals surface area contributed by atoms with Crippen LogP contribution >= 0.6 is 0 Å². The van der Waals surface area contributed by atoms with Crippen molar-refractivity contribution in [2.45, 2.75) is 32.0 Å². The van der Waals surface area contributed by atoms with Gasteiger partial charge in [0.05, 0.1) is 5.56 Å². The SMILES string of the molecule is CC(c1ccc(C(F)(F)F)cc1)N(C)CC1CCNCC1. The van der Waals surface area contributed by atoms with Gasteiger partial charge < -0.3 is 5.32 Å². The fraction of sp³-hybridized carbons (Fsp3) is 0.625. The first kappa shape index (κ1) is 16.3. The third kappa shape index (κ3) is 4.45. The third-order valence-corrected chi connectivity index (χ3v) is 4.39. The number of hydrogen-bond donors (Lipinski definition) is 1. The Morgan fingerprint density at radius 2 is 1.76 bits per heavy atom. The van der Waals surface area contributed by atoms with E-state index in [1.54, 1.807) is 12.1 Å². The van der Waals surface area contributed by atoms with Gasteiger partial charge in [0.25, 0.3) is 0 Å². The van der Waals surface area contributed by atoms with Crippen LogP contribution in [0.2, 0.25) is 0 Å². The van der Waals surface area contributed by atoms with E-state index in [0.29, 0.717) is 5.92 Å². The molecule has 118 valence electrons. The van der Waals surface area contributed by atoms with Gasteiger partial charge in [0.1, 0.15) is 0 Å². The zero-order chi connectivity index (χ0) is 15.5. The van der Waals surface area contributed by atoms with Gasteiger partial charge in [-0.3, -0.25) is 4.90 Å². The molecule has 0 bridgehead atoms. The van der Waals surface area contributed by atoms with Gasteiger partial charge in [-0.25, -0.2) is 0 Å². The lowest BCUT2D eigenvalue weighted by atomic mass is 9.96. The molecule has 0 spiro atoms. The van der Waals surface area contributed by atoms with E-state index >= 15 is 0 Å². The Labute approximate surface area is 124 Å². The largest absolute Gasteiger partial charge is 0.416 e. The quantitative estimate of drug-likeness (QED) is 0.912. The summed E-state index contributed by atoms with van der Waals surface area (Å²) in [6.45, 7) is 5.16. The molecule has 1 aromatic carbocycles. The lowest BCUT2D eigenvalue weighted by molar-refractivity contribution is -0.137. The number of nitrogens with one attached hydrogen (secondary N) is 1. The summed E-state index contributed by atoms with van der Waals surface area (Å²) < 4.78 is 37.7. The maximum absolute atomic E-state index is 12.6. The van der Waals surface area contributed by atoms with Gasteiger partial charge in [-0.15, -0.1) is 0 Å². The number of rotatable bonds is 4. The fourth-order valence-corrected chi connectivity index (χ4v) is 2.83. The van der Waals surface area contributed by atoms with Gasteiger partial charge in [-0.2, -0.15) is 13.2 Å². The summed E-state index contributed by atoms with van der Waals surface area (Å²) in [5, 5.41) is 3.34. The predicted molar refractivity (Wildman–Crippen MR) is 78.1 cm³/mol. The third-order valence-electron chi connectivity index (χ3n) is 4.39. The first-order valence-electron chi connectivity index (χ1n) is 7.46. The van der Waals surface area contributed by atoms with Crippen molar-refractivity contribution in [3.8, 4) is 0 Å². The zero-order valence-corrected chi connectivity index (χ0v) is 12.6. The van der Waals surface area contributed by atoms with Crippen LogP contribution in [-0.2, 0) is 6.18 Å². The molecule has 1 aliphatic heterocycles. The van der Waals surface area contributed by atoms with Crippen LogP contribution in [0, 0.1) is 5.92 Å². The van der Waals surface area contributed by atoms with Crippen molar-refractivity contribution < 1.29 is 13.2 Å². The summed E-state index contributed by atoms with van der Waals surface area (Å²) in [7, 11) is 2.05. The average molecular weight is 300 g/mol. The summed E-state index contributed by atoms with van der Waals surface area (Å²) in [4.78, 5) is 2.23. The van der Waals surface area contributed by atoms with Gasteiger partial charge in [0, 0.05) is 12.6 Å². The molecule has 21 heavy (non-hydrogen) atoms. The fourth-order valence-electron chi connectivity index (χ4n) is 2.83. The molecule has 1 aliphatic rings. The lowest BCUT2D eigenvalue weighted by Crippen LogP contribution is -2.35. The van der Waals surface area contributed by atoms with Crippen LogP contribution in [0.15, 0.2) is 24.3 Å². The summed E-state index contributed by atoms with van der Waals surface area (Å²) in [5.41, 5.74) is 0.346. The van der Waals surface area contributed by atoms with Crippen LogP contribution in [0.25, 0.3) is 0 Å². The van der Waals surface area contributed by atoms with E-state index in [9.17, 15) is 13.2 Å². The Bertz CT molecular complexity index is 436. The van der Waals surface area contributed by atoms with Crippen molar-refractivity contribution in [1.29, 1.82) is 0 Å². The van der Waals surface area contributed by atoms with Gasteiger partial charge in [-0.1, -0.05) is 12.1 Å². The first-order chi connectivity index (χ1) is 9.88. The molecular weight excluding hydrogens is 277 g/mol. The van der Waals surface area contributed by atoms with Crippen molar-refractivity contribution >= 4 is 0 Å². The molecule has 0 aromatic heterocycles. The minimum atomic E-state index is -4.26. The normalized spacial score (nSPS) is 19.0. The summed E-state index contributed by atoms with van der Waals surface area (Å²) in [6.07, 6.45) is -1.92. The molecule has 1 unspecified atom stereocenters. The Hall–Kier alpha value is -1.07. The lowest BCUT2D eigenvalue weighted by Gasteiger charge is -2.31. The monoisotopic (exact) mass is 300 g/mol. The molecule has 0 amide bonds. The second-order valence-corrected chi connectivity index (χ2v) is 5.93. The Morgan fingerprint density at radius 3 is 2.29 bits per heavy atom. The highest BCUT2D eigenvalue weighted by molar-refractivity contribution is 5.26. The van der Waals surface area contributed by atoms with Crippen LogP contribution in [0.1, 0.15) is 36.9 Å². The molecule has 1 fully saturated rings. The van der Waals surface area contributed by atoms with Crippen molar-refractivity contribution in [3.05, 3.63) is 35.4 Å². The Balaban J connectivity index is 1.96. The topological polar surface area (TPSA) is 15.3 Å². The standard InChI is InChI=1S/C16H23F3N2/c1-12(21(2)11-13-7-9-20-10-8-13)14-3-5-15(6-4-14)16(17,18)19/h3-6,12-13,20H,7-11H2,1-2H3. The molecular formula is C16H23F3N2. The van der Waals surface area contributed by atoms with Gasteiger partial charge in [0.15, 0.2) is 0 Å². The maximum atomic E-state index is 12.6. The van der Waals surface area contributed by atoms with Crippen LogP contribution < -0.4 is 5.32 Å². The van der Waals surface area contributed by atoms with Crippen molar-refractivity contribution in [2.75, 3.05) is 26.7 Å². The van der Waals surface area contributed by atoms with Gasteiger partial charge in [0.2, 0.25) is 0 Å². The van der Waals surface area contributed by atoms with E-state index in [1.807, 2.05) is 14.0 Å². The molecule has 5 heteroatoms. The van der Waals surface area contributed by atoms with E-state index < -0.39 is 11.7 Å². The molecule has 0 aliphatic carbocycles. The number of halogens is 3. The number of benzene rings is 1. The van der Waals surface area contributed by atoms with E-state index in [0.717, 1.165) is 25.2 Å². The second-order valence-electron chi connectivity index (χ2n) is 5.93. The molecule has 0 radical (unpaired) electrons. The molecule has 1 saturated heterocycles. The van der Waals surface area contributed by atoms with Crippen LogP contribution in [0.5, 0.6) is 0 Å². The number of piperidine rings is 1. The number of nitrogens with zero attached hydrogens (tertiary/aromatic N) is 1. The minimum absolute atomic E-state index is 0.127. The van der Waals surface area contributed by atoms with Crippen molar-refractivity contribution in [1.82, 2.24) is 10.2 Å². The number of hydrogen-bond acceptors (Lipinski definition) is 2. The summed E-state index contributed by atoms with van der Waals surface area (Å²) in [5.74, 6) is 0.674. The van der Waals surface area contributed by atoms with Crippen LogP contribution in [-0.4, -0.2) is 31.6 Å². The Morgan fingerprint density at radius 1 is 1.19 bits per heavy atom. The van der Waals surface area contributed by atoms with Gasteiger partial charge in [-0.05, 0) is 63.5 Å². The highest BCUT2D eigenvalue weighted by Crippen LogP contribution is 2.30.